The van der Waals surface area contributed by atoms with Crippen LogP contribution in [0.2, 0.25) is 0 Å². The van der Waals surface area contributed by atoms with E-state index in [0.717, 1.165) is 12.1 Å². The Hall–Kier alpha value is -2.58. The number of hydrogen-bond acceptors (Lipinski definition) is 4. The maximum Gasteiger partial charge on any atom is 0.416 e. The normalized spacial score (nSPS) is 19.5. The summed E-state index contributed by atoms with van der Waals surface area (Å²) in [5.74, 6) is -0.444. The molecule has 152 valence electrons. The number of nitrogens with zero attached hydrogens (tertiary/aromatic N) is 3. The van der Waals surface area contributed by atoms with Crippen LogP contribution in [-0.4, -0.2) is 46.8 Å². The van der Waals surface area contributed by atoms with Crippen LogP contribution in [-0.2, 0) is 17.3 Å². The van der Waals surface area contributed by atoms with Crippen LogP contribution in [0.25, 0.3) is 0 Å². The minimum absolute atomic E-state index is 0.00109. The van der Waals surface area contributed by atoms with Gasteiger partial charge in [0, 0.05) is 19.3 Å². The molecule has 9 heteroatoms. The van der Waals surface area contributed by atoms with Gasteiger partial charge in [0.1, 0.15) is 17.2 Å². The molecular formula is C19H21F4N3O2. The van der Waals surface area contributed by atoms with E-state index in [1.54, 1.807) is 27.0 Å². The molecule has 0 N–H and O–H groups in total. The Morgan fingerprint density at radius 1 is 1.25 bits per heavy atom. The Balaban J connectivity index is 1.75. The number of aliphatic imine (C=N–C) groups is 1. The van der Waals surface area contributed by atoms with Crippen molar-refractivity contribution < 1.29 is 27.1 Å². The highest BCUT2D eigenvalue weighted by molar-refractivity contribution is 5.73. The van der Waals surface area contributed by atoms with Gasteiger partial charge in [-0.2, -0.15) is 13.2 Å². The fourth-order valence-corrected chi connectivity index (χ4v) is 3.14. The van der Waals surface area contributed by atoms with E-state index in [1.165, 1.54) is 11.1 Å². The molecule has 0 aromatic heterocycles. The quantitative estimate of drug-likeness (QED) is 0.701. The number of carbonyl (C=O) groups is 1. The summed E-state index contributed by atoms with van der Waals surface area (Å²) in [5, 5.41) is 0. The van der Waals surface area contributed by atoms with Gasteiger partial charge in [-0.15, -0.1) is 0 Å². The summed E-state index contributed by atoms with van der Waals surface area (Å²) in [7, 11) is 0. The van der Waals surface area contributed by atoms with Gasteiger partial charge in [-0.05, 0) is 44.9 Å². The predicted octanol–water partition coefficient (Wildman–Crippen LogP) is 4.19. The number of fused-ring (bicyclic) bond motifs is 1. The fourth-order valence-electron chi connectivity index (χ4n) is 3.14. The molecule has 1 aromatic carbocycles. The topological polar surface area (TPSA) is 45.1 Å². The van der Waals surface area contributed by atoms with E-state index in [1.807, 2.05) is 4.90 Å². The molecule has 5 nitrogen and oxygen atoms in total. The molecule has 0 saturated carbocycles. The Morgan fingerprint density at radius 2 is 1.96 bits per heavy atom. The molecule has 1 atom stereocenters. The molecule has 3 rings (SSSR count). The van der Waals surface area contributed by atoms with Gasteiger partial charge in [-0.3, -0.25) is 4.90 Å². The standard InChI is InChI=1S/C19H21F4N3O2/c1-18(2,3)28-17(27)25-6-7-26-14(10-24-16(26)11-25)8-12-4-5-13(20)9-15(12)19(21,22)23/h4-5,9-11,14H,6-8H2,1-3H3. The Morgan fingerprint density at radius 3 is 2.61 bits per heavy atom. The number of benzene rings is 1. The van der Waals surface area contributed by atoms with Crippen molar-refractivity contribution in [2.45, 2.75) is 45.0 Å². The van der Waals surface area contributed by atoms with Crippen LogP contribution in [0.3, 0.4) is 0 Å². The van der Waals surface area contributed by atoms with Crippen LogP contribution < -0.4 is 0 Å². The lowest BCUT2D eigenvalue weighted by atomic mass is 9.99. The van der Waals surface area contributed by atoms with Crippen LogP contribution in [0.5, 0.6) is 0 Å². The zero-order chi connectivity index (χ0) is 20.7. The smallest absolute Gasteiger partial charge is 0.416 e. The first-order valence-corrected chi connectivity index (χ1v) is 8.82. The Labute approximate surface area is 160 Å². The maximum atomic E-state index is 13.3. The molecule has 2 aliphatic rings. The van der Waals surface area contributed by atoms with E-state index in [2.05, 4.69) is 4.99 Å². The number of alkyl halides is 3. The molecule has 1 unspecified atom stereocenters. The summed E-state index contributed by atoms with van der Waals surface area (Å²) in [6, 6.07) is 2.29. The molecule has 0 spiro atoms. The molecule has 1 amide bonds. The van der Waals surface area contributed by atoms with Gasteiger partial charge in [0.05, 0.1) is 17.8 Å². The maximum absolute atomic E-state index is 13.3. The van der Waals surface area contributed by atoms with Crippen LogP contribution in [0.1, 0.15) is 31.9 Å². The highest BCUT2D eigenvalue weighted by Gasteiger charge is 2.36. The highest BCUT2D eigenvalue weighted by Crippen LogP contribution is 2.34. The molecule has 28 heavy (non-hydrogen) atoms. The van der Waals surface area contributed by atoms with E-state index < -0.39 is 35.3 Å². The average Bonchev–Trinajstić information content (AvgIpc) is 2.96. The molecule has 0 radical (unpaired) electrons. The third kappa shape index (κ3) is 4.45. The van der Waals surface area contributed by atoms with Gasteiger partial charge >= 0.3 is 12.3 Å². The minimum atomic E-state index is -4.64. The van der Waals surface area contributed by atoms with Gasteiger partial charge in [-0.1, -0.05) is 6.07 Å². The number of rotatable bonds is 2. The lowest BCUT2D eigenvalue weighted by Gasteiger charge is -2.34. The number of halogens is 4. The third-order valence-corrected chi connectivity index (χ3v) is 4.36. The summed E-state index contributed by atoms with van der Waals surface area (Å²) in [4.78, 5) is 19.6. The fraction of sp³-hybridized carbons (Fsp3) is 0.474. The second-order valence-corrected chi connectivity index (χ2v) is 7.70. The van der Waals surface area contributed by atoms with Crippen molar-refractivity contribution >= 4 is 12.3 Å². The average molecular weight is 399 g/mol. The Bertz CT molecular complexity index is 827. The number of ether oxygens (including phenoxy) is 1. The first-order chi connectivity index (χ1) is 12.9. The zero-order valence-electron chi connectivity index (χ0n) is 15.8. The number of hydrogen-bond donors (Lipinski definition) is 0. The SMILES string of the molecule is CC(C)(C)OC(=O)N1C=C2N=CC(Cc3ccc(F)cc3C(F)(F)F)N2CC1. The van der Waals surface area contributed by atoms with Crippen molar-refractivity contribution in [3.63, 3.8) is 0 Å². The van der Waals surface area contributed by atoms with Crippen molar-refractivity contribution in [1.29, 1.82) is 0 Å². The zero-order valence-corrected chi connectivity index (χ0v) is 15.8. The van der Waals surface area contributed by atoms with Crippen LogP contribution in [0, 0.1) is 5.82 Å². The third-order valence-electron chi connectivity index (χ3n) is 4.36. The summed E-state index contributed by atoms with van der Waals surface area (Å²) in [6.45, 7) is 6.02. The molecule has 0 aliphatic carbocycles. The summed E-state index contributed by atoms with van der Waals surface area (Å²) >= 11 is 0. The molecule has 1 aromatic rings. The van der Waals surface area contributed by atoms with Crippen molar-refractivity contribution in [2.75, 3.05) is 13.1 Å². The van der Waals surface area contributed by atoms with Crippen LogP contribution in [0.15, 0.2) is 35.2 Å². The Kier molecular flexibility index (Phi) is 5.12. The molecule has 0 saturated heterocycles. The van der Waals surface area contributed by atoms with Gasteiger partial charge < -0.3 is 9.64 Å². The van der Waals surface area contributed by atoms with E-state index in [0.29, 0.717) is 25.0 Å². The van der Waals surface area contributed by atoms with Crippen molar-refractivity contribution in [3.8, 4) is 0 Å². The van der Waals surface area contributed by atoms with Gasteiger partial charge in [0.15, 0.2) is 0 Å². The number of carbonyl (C=O) groups excluding carboxylic acids is 1. The summed E-state index contributed by atoms with van der Waals surface area (Å²) in [6.07, 6.45) is -2.03. The van der Waals surface area contributed by atoms with Crippen molar-refractivity contribution in [2.24, 2.45) is 4.99 Å². The molecule has 2 aliphatic heterocycles. The molecule has 2 heterocycles. The minimum Gasteiger partial charge on any atom is -0.443 e. The lowest BCUT2D eigenvalue weighted by Crippen LogP contribution is -2.45. The highest BCUT2D eigenvalue weighted by atomic mass is 19.4. The van der Waals surface area contributed by atoms with Crippen LogP contribution >= 0.6 is 0 Å². The second kappa shape index (κ2) is 7.10. The lowest BCUT2D eigenvalue weighted by molar-refractivity contribution is -0.138. The van der Waals surface area contributed by atoms with E-state index in [-0.39, 0.29) is 12.0 Å². The van der Waals surface area contributed by atoms with Crippen LogP contribution in [0.4, 0.5) is 22.4 Å². The molecule has 0 bridgehead atoms. The van der Waals surface area contributed by atoms with Gasteiger partial charge in [-0.25, -0.2) is 14.2 Å². The van der Waals surface area contributed by atoms with Gasteiger partial charge in [0.2, 0.25) is 0 Å². The monoisotopic (exact) mass is 399 g/mol. The second-order valence-electron chi connectivity index (χ2n) is 7.70. The van der Waals surface area contributed by atoms with Gasteiger partial charge in [0.25, 0.3) is 0 Å². The predicted molar refractivity (Wildman–Crippen MR) is 95.1 cm³/mol. The van der Waals surface area contributed by atoms with Crippen molar-refractivity contribution in [3.05, 3.63) is 47.2 Å². The first-order valence-electron chi connectivity index (χ1n) is 8.82. The largest absolute Gasteiger partial charge is 0.443 e. The molecule has 0 fully saturated rings. The number of amides is 1. The first kappa shape index (κ1) is 20.2. The van der Waals surface area contributed by atoms with E-state index in [4.69, 9.17) is 4.74 Å². The summed E-state index contributed by atoms with van der Waals surface area (Å²) in [5.41, 5.74) is -1.61. The van der Waals surface area contributed by atoms with Crippen molar-refractivity contribution in [1.82, 2.24) is 9.80 Å². The van der Waals surface area contributed by atoms with E-state index in [9.17, 15) is 22.4 Å². The summed E-state index contributed by atoms with van der Waals surface area (Å²) < 4.78 is 58.3. The van der Waals surface area contributed by atoms with E-state index >= 15 is 0 Å². The molecular weight excluding hydrogens is 378 g/mol.